The lowest BCUT2D eigenvalue weighted by Crippen LogP contribution is -2.30. The highest BCUT2D eigenvalue weighted by atomic mass is 16.7. The number of carbonyl (C=O) groups is 1. The van der Waals surface area contributed by atoms with Crippen molar-refractivity contribution in [1.82, 2.24) is 5.06 Å². The average Bonchev–Trinajstić information content (AvgIpc) is 2.35. The molecular weight excluding hydrogens is 202 g/mol. The van der Waals surface area contributed by atoms with E-state index in [0.29, 0.717) is 12.1 Å². The van der Waals surface area contributed by atoms with Crippen LogP contribution in [0.3, 0.4) is 0 Å². The second-order valence-electron chi connectivity index (χ2n) is 3.66. The van der Waals surface area contributed by atoms with Crippen molar-refractivity contribution >= 4 is 5.91 Å². The van der Waals surface area contributed by atoms with E-state index in [-0.39, 0.29) is 5.91 Å². The van der Waals surface area contributed by atoms with Crippen LogP contribution in [0.5, 0.6) is 0 Å². The summed E-state index contributed by atoms with van der Waals surface area (Å²) in [6, 6.07) is 9.20. The van der Waals surface area contributed by atoms with Gasteiger partial charge in [-0.1, -0.05) is 38.0 Å². The molecule has 0 aromatic heterocycles. The lowest BCUT2D eigenvalue weighted by atomic mass is 10.2. The molecule has 0 unspecified atom stereocenters. The molecule has 0 atom stereocenters. The number of rotatable bonds is 6. The summed E-state index contributed by atoms with van der Waals surface area (Å²) in [4.78, 5) is 17.1. The Balaban J connectivity index is 2.56. The third-order valence-electron chi connectivity index (χ3n) is 2.43. The van der Waals surface area contributed by atoms with E-state index < -0.39 is 0 Å². The standard InChI is InChI=1S/C13H19NO2/c1-3-4-8-11-14(16-2)13(15)12-9-6-5-7-10-12/h5-7,9-10H,3-4,8,11H2,1-2H3. The smallest absolute Gasteiger partial charge is 0.274 e. The van der Waals surface area contributed by atoms with Gasteiger partial charge in [0.25, 0.3) is 5.91 Å². The van der Waals surface area contributed by atoms with Crippen LogP contribution in [0.1, 0.15) is 36.5 Å². The Labute approximate surface area is 97.0 Å². The molecule has 0 spiro atoms. The van der Waals surface area contributed by atoms with E-state index in [4.69, 9.17) is 4.84 Å². The van der Waals surface area contributed by atoms with Gasteiger partial charge in [-0.25, -0.2) is 5.06 Å². The number of hydrogen-bond donors (Lipinski definition) is 0. The van der Waals surface area contributed by atoms with Crippen LogP contribution in [0.15, 0.2) is 30.3 Å². The van der Waals surface area contributed by atoms with E-state index in [1.54, 1.807) is 12.1 Å². The minimum Gasteiger partial charge on any atom is -0.274 e. The molecule has 3 heteroatoms. The van der Waals surface area contributed by atoms with E-state index in [2.05, 4.69) is 6.92 Å². The van der Waals surface area contributed by atoms with Gasteiger partial charge in [0.2, 0.25) is 0 Å². The minimum atomic E-state index is -0.0702. The van der Waals surface area contributed by atoms with Crippen LogP contribution in [-0.2, 0) is 4.84 Å². The van der Waals surface area contributed by atoms with Crippen molar-refractivity contribution in [3.8, 4) is 0 Å². The van der Waals surface area contributed by atoms with Gasteiger partial charge in [0.05, 0.1) is 7.11 Å². The molecule has 3 nitrogen and oxygen atoms in total. The van der Waals surface area contributed by atoms with E-state index in [9.17, 15) is 4.79 Å². The molecule has 0 aliphatic carbocycles. The molecule has 1 aromatic carbocycles. The van der Waals surface area contributed by atoms with Gasteiger partial charge in [0, 0.05) is 12.1 Å². The fourth-order valence-corrected chi connectivity index (χ4v) is 1.51. The van der Waals surface area contributed by atoms with Gasteiger partial charge < -0.3 is 0 Å². The van der Waals surface area contributed by atoms with Crippen LogP contribution in [0, 0.1) is 0 Å². The lowest BCUT2D eigenvalue weighted by molar-refractivity contribution is -0.0956. The Morgan fingerprint density at radius 1 is 1.25 bits per heavy atom. The second-order valence-corrected chi connectivity index (χ2v) is 3.66. The van der Waals surface area contributed by atoms with Crippen molar-refractivity contribution in [2.24, 2.45) is 0 Å². The third-order valence-corrected chi connectivity index (χ3v) is 2.43. The Morgan fingerprint density at radius 2 is 1.94 bits per heavy atom. The predicted molar refractivity (Wildman–Crippen MR) is 64.0 cm³/mol. The fraction of sp³-hybridized carbons (Fsp3) is 0.462. The van der Waals surface area contributed by atoms with Crippen molar-refractivity contribution in [2.75, 3.05) is 13.7 Å². The summed E-state index contributed by atoms with van der Waals surface area (Å²) in [7, 11) is 1.53. The first-order valence-electron chi connectivity index (χ1n) is 5.70. The van der Waals surface area contributed by atoms with Crippen molar-refractivity contribution in [1.29, 1.82) is 0 Å². The first kappa shape index (κ1) is 12.7. The van der Waals surface area contributed by atoms with Gasteiger partial charge in [-0.3, -0.25) is 9.63 Å². The van der Waals surface area contributed by atoms with Crippen LogP contribution < -0.4 is 0 Å². The van der Waals surface area contributed by atoms with Gasteiger partial charge in [-0.2, -0.15) is 0 Å². The first-order valence-corrected chi connectivity index (χ1v) is 5.70. The summed E-state index contributed by atoms with van der Waals surface area (Å²) in [6.45, 7) is 2.79. The number of carbonyl (C=O) groups excluding carboxylic acids is 1. The molecule has 1 amide bonds. The molecule has 0 bridgehead atoms. The van der Waals surface area contributed by atoms with Crippen LogP contribution >= 0.6 is 0 Å². The quantitative estimate of drug-likeness (QED) is 0.546. The molecule has 1 rings (SSSR count). The zero-order valence-electron chi connectivity index (χ0n) is 9.98. The molecule has 0 saturated carbocycles. The number of hydroxylamine groups is 2. The summed E-state index contributed by atoms with van der Waals surface area (Å²) in [6.07, 6.45) is 3.22. The Hall–Kier alpha value is -1.35. The predicted octanol–water partition coefficient (Wildman–Crippen LogP) is 2.88. The lowest BCUT2D eigenvalue weighted by Gasteiger charge is -2.19. The van der Waals surface area contributed by atoms with Gasteiger partial charge in [0.15, 0.2) is 0 Å². The second kappa shape index (κ2) is 7.01. The third kappa shape index (κ3) is 3.66. The van der Waals surface area contributed by atoms with Gasteiger partial charge in [-0.05, 0) is 18.6 Å². The molecule has 0 radical (unpaired) electrons. The van der Waals surface area contributed by atoms with Gasteiger partial charge in [-0.15, -0.1) is 0 Å². The zero-order valence-corrected chi connectivity index (χ0v) is 9.98. The first-order chi connectivity index (χ1) is 7.79. The average molecular weight is 221 g/mol. The minimum absolute atomic E-state index is 0.0702. The largest absolute Gasteiger partial charge is 0.277 e. The number of hydrogen-bond acceptors (Lipinski definition) is 2. The zero-order chi connectivity index (χ0) is 11.8. The molecule has 16 heavy (non-hydrogen) atoms. The Bertz CT molecular complexity index is 311. The maximum atomic E-state index is 12.0. The maximum absolute atomic E-state index is 12.0. The van der Waals surface area contributed by atoms with Crippen LogP contribution in [0.2, 0.25) is 0 Å². The van der Waals surface area contributed by atoms with Crippen molar-refractivity contribution in [3.63, 3.8) is 0 Å². The number of amides is 1. The molecule has 0 aliphatic rings. The highest BCUT2D eigenvalue weighted by Gasteiger charge is 2.14. The molecule has 0 aliphatic heterocycles. The maximum Gasteiger partial charge on any atom is 0.277 e. The summed E-state index contributed by atoms with van der Waals surface area (Å²) < 4.78 is 0. The van der Waals surface area contributed by atoms with Crippen LogP contribution in [0.4, 0.5) is 0 Å². The molecule has 1 aromatic rings. The van der Waals surface area contributed by atoms with E-state index in [1.807, 2.05) is 18.2 Å². The van der Waals surface area contributed by atoms with Crippen molar-refractivity contribution < 1.29 is 9.63 Å². The number of unbranched alkanes of at least 4 members (excludes halogenated alkanes) is 2. The summed E-state index contributed by atoms with van der Waals surface area (Å²) >= 11 is 0. The number of nitrogens with zero attached hydrogens (tertiary/aromatic N) is 1. The SMILES string of the molecule is CCCCCN(OC)C(=O)c1ccccc1. The van der Waals surface area contributed by atoms with E-state index in [1.165, 1.54) is 12.2 Å². The summed E-state index contributed by atoms with van der Waals surface area (Å²) in [5.74, 6) is -0.0702. The highest BCUT2D eigenvalue weighted by molar-refractivity contribution is 5.93. The van der Waals surface area contributed by atoms with Gasteiger partial charge in [0.1, 0.15) is 0 Å². The van der Waals surface area contributed by atoms with E-state index in [0.717, 1.165) is 19.3 Å². The van der Waals surface area contributed by atoms with Crippen molar-refractivity contribution in [3.05, 3.63) is 35.9 Å². The molecule has 0 saturated heterocycles. The normalized spacial score (nSPS) is 10.1. The molecule has 0 fully saturated rings. The van der Waals surface area contributed by atoms with E-state index >= 15 is 0 Å². The molecular formula is C13H19NO2. The molecule has 0 heterocycles. The van der Waals surface area contributed by atoms with Crippen LogP contribution in [0.25, 0.3) is 0 Å². The fourth-order valence-electron chi connectivity index (χ4n) is 1.51. The Kier molecular flexibility index (Phi) is 5.57. The highest BCUT2D eigenvalue weighted by Crippen LogP contribution is 2.06. The molecule has 88 valence electrons. The molecule has 0 N–H and O–H groups in total. The van der Waals surface area contributed by atoms with Crippen LogP contribution in [-0.4, -0.2) is 24.6 Å². The monoisotopic (exact) mass is 221 g/mol. The summed E-state index contributed by atoms with van der Waals surface area (Å²) in [5.41, 5.74) is 0.667. The number of benzene rings is 1. The van der Waals surface area contributed by atoms with Crippen molar-refractivity contribution in [2.45, 2.75) is 26.2 Å². The Morgan fingerprint density at radius 3 is 2.50 bits per heavy atom. The topological polar surface area (TPSA) is 29.5 Å². The summed E-state index contributed by atoms with van der Waals surface area (Å²) in [5, 5.41) is 1.42. The van der Waals surface area contributed by atoms with Gasteiger partial charge >= 0.3 is 0 Å².